The summed E-state index contributed by atoms with van der Waals surface area (Å²) < 4.78 is 0. The fourth-order valence-electron chi connectivity index (χ4n) is 4.28. The highest BCUT2D eigenvalue weighted by Gasteiger charge is 2.25. The largest absolute Gasteiger partial charge is 0.481 e. The van der Waals surface area contributed by atoms with E-state index in [0.29, 0.717) is 12.1 Å². The number of hydrogen-bond acceptors (Lipinski definition) is 5. The maximum atomic E-state index is 13.1. The first-order chi connectivity index (χ1) is 19.6. The van der Waals surface area contributed by atoms with Gasteiger partial charge >= 0.3 is 5.97 Å². The first-order valence-corrected chi connectivity index (χ1v) is 13.5. The minimum atomic E-state index is -1.12. The molecule has 0 unspecified atom stereocenters. The number of rotatable bonds is 14. The Balaban J connectivity index is 1.61. The van der Waals surface area contributed by atoms with Crippen LogP contribution in [0.2, 0.25) is 0 Å². The second kappa shape index (κ2) is 15.2. The molecule has 0 aliphatic carbocycles. The monoisotopic (exact) mass is 560 g/mol. The van der Waals surface area contributed by atoms with E-state index in [0.717, 1.165) is 16.3 Å². The van der Waals surface area contributed by atoms with Gasteiger partial charge in [0.1, 0.15) is 12.1 Å². The summed E-state index contributed by atoms with van der Waals surface area (Å²) in [6, 6.07) is 20.5. The van der Waals surface area contributed by atoms with Crippen LogP contribution in [0.1, 0.15) is 38.7 Å². The molecule has 0 aliphatic rings. The first-order valence-electron chi connectivity index (χ1n) is 13.5. The van der Waals surface area contributed by atoms with E-state index < -0.39 is 42.3 Å². The number of carboxylic acids is 1. The fourth-order valence-corrected chi connectivity index (χ4v) is 4.28. The topological polar surface area (TPSA) is 154 Å². The van der Waals surface area contributed by atoms with Gasteiger partial charge in [-0.2, -0.15) is 0 Å². The molecule has 10 heteroatoms. The van der Waals surface area contributed by atoms with Crippen molar-refractivity contribution in [3.63, 3.8) is 0 Å². The Kier molecular flexibility index (Phi) is 11.4. The van der Waals surface area contributed by atoms with Gasteiger partial charge in [-0.05, 0) is 40.8 Å². The predicted molar refractivity (Wildman–Crippen MR) is 156 cm³/mol. The van der Waals surface area contributed by atoms with Crippen molar-refractivity contribution in [2.75, 3.05) is 11.9 Å². The molecule has 5 N–H and O–H groups in total. The number of anilines is 1. The van der Waals surface area contributed by atoms with E-state index in [-0.39, 0.29) is 31.1 Å². The van der Waals surface area contributed by atoms with Gasteiger partial charge in [-0.15, -0.1) is 0 Å². The van der Waals surface area contributed by atoms with Gasteiger partial charge in [0.15, 0.2) is 0 Å². The Morgan fingerprint density at radius 1 is 0.732 bits per heavy atom. The molecule has 0 saturated heterocycles. The number of benzene rings is 3. The van der Waals surface area contributed by atoms with Crippen molar-refractivity contribution in [2.45, 2.75) is 51.6 Å². The third kappa shape index (κ3) is 10.4. The zero-order chi connectivity index (χ0) is 29.8. The highest BCUT2D eigenvalue weighted by Crippen LogP contribution is 2.19. The van der Waals surface area contributed by atoms with Crippen molar-refractivity contribution in [3.8, 4) is 0 Å². The summed E-state index contributed by atoms with van der Waals surface area (Å²) in [7, 11) is 0. The maximum absolute atomic E-state index is 13.1. The van der Waals surface area contributed by atoms with Crippen molar-refractivity contribution < 1.29 is 29.1 Å². The van der Waals surface area contributed by atoms with Crippen LogP contribution in [0.25, 0.3) is 10.8 Å². The van der Waals surface area contributed by atoms with E-state index in [1.807, 2.05) is 56.3 Å². The van der Waals surface area contributed by atoms with Crippen molar-refractivity contribution >= 4 is 46.1 Å². The van der Waals surface area contributed by atoms with E-state index in [1.165, 1.54) is 0 Å². The lowest BCUT2D eigenvalue weighted by Crippen LogP contribution is -2.52. The first kappa shape index (κ1) is 30.8. The number of carboxylic acid groups (broad SMARTS) is 1. The number of fused-ring (bicyclic) bond motifs is 1. The van der Waals surface area contributed by atoms with E-state index in [9.17, 15) is 24.0 Å². The minimum absolute atomic E-state index is 0.105. The molecule has 0 radical (unpaired) electrons. The second-order valence-electron chi connectivity index (χ2n) is 10.2. The maximum Gasteiger partial charge on any atom is 0.303 e. The zero-order valence-electron chi connectivity index (χ0n) is 23.2. The van der Waals surface area contributed by atoms with E-state index >= 15 is 0 Å². The molecule has 4 amide bonds. The average molecular weight is 561 g/mol. The molecule has 3 aromatic carbocycles. The third-order valence-electron chi connectivity index (χ3n) is 6.30. The summed E-state index contributed by atoms with van der Waals surface area (Å²) in [6.07, 6.45) is -0.114. The number of carbonyl (C=O) groups is 5. The lowest BCUT2D eigenvalue weighted by molar-refractivity contribution is -0.139. The molecule has 216 valence electrons. The Morgan fingerprint density at radius 2 is 1.39 bits per heavy atom. The van der Waals surface area contributed by atoms with E-state index in [4.69, 9.17) is 5.11 Å². The molecule has 0 aliphatic heterocycles. The normalized spacial score (nSPS) is 12.3. The van der Waals surface area contributed by atoms with E-state index in [1.54, 1.807) is 30.3 Å². The fraction of sp³-hybridized carbons (Fsp3) is 0.323. The van der Waals surface area contributed by atoms with Crippen LogP contribution >= 0.6 is 0 Å². The molecule has 3 aromatic rings. The highest BCUT2D eigenvalue weighted by molar-refractivity contribution is 5.99. The van der Waals surface area contributed by atoms with Crippen LogP contribution in [0.15, 0.2) is 72.8 Å². The summed E-state index contributed by atoms with van der Waals surface area (Å²) >= 11 is 0. The lowest BCUT2D eigenvalue weighted by atomic mass is 10.0. The van der Waals surface area contributed by atoms with Crippen molar-refractivity contribution in [2.24, 2.45) is 5.92 Å². The van der Waals surface area contributed by atoms with E-state index in [2.05, 4.69) is 21.3 Å². The number of aliphatic carboxylic acids is 1. The van der Waals surface area contributed by atoms with Gasteiger partial charge in [-0.1, -0.05) is 74.5 Å². The number of amides is 4. The highest BCUT2D eigenvalue weighted by atomic mass is 16.4. The average Bonchev–Trinajstić information content (AvgIpc) is 2.94. The molecule has 0 saturated carbocycles. The molecule has 0 bridgehead atoms. The molecular formula is C31H36N4O6. The SMILES string of the molecule is CC(C)C[C@H](NC(=O)CNC(=O)[C@H](Cc1ccccc1)NC(=O)CCC(=O)O)C(=O)Nc1ccc2ccccc2c1. The predicted octanol–water partition coefficient (Wildman–Crippen LogP) is 3.02. The summed E-state index contributed by atoms with van der Waals surface area (Å²) in [5.41, 5.74) is 1.38. The Hall–Kier alpha value is -4.73. The zero-order valence-corrected chi connectivity index (χ0v) is 23.2. The molecule has 3 rings (SSSR count). The lowest BCUT2D eigenvalue weighted by Gasteiger charge is -2.21. The second-order valence-corrected chi connectivity index (χ2v) is 10.2. The molecular weight excluding hydrogens is 524 g/mol. The standard InChI is InChI=1S/C31H36N4O6/c1-20(2)16-25(31(41)33-24-13-12-22-10-6-7-11-23(22)18-24)35-28(37)19-32-30(40)26(17-21-8-4-3-5-9-21)34-27(36)14-15-29(38)39/h3-13,18,20,25-26H,14-17,19H2,1-2H3,(H,32,40)(H,33,41)(H,34,36)(H,35,37)(H,38,39)/t25-,26-/m0/s1. The van der Waals surface area contributed by atoms with Gasteiger partial charge < -0.3 is 26.4 Å². The molecule has 0 heterocycles. The van der Waals surface area contributed by atoms with Crippen LogP contribution in [0.5, 0.6) is 0 Å². The summed E-state index contributed by atoms with van der Waals surface area (Å²) in [5.74, 6) is -3.14. The van der Waals surface area contributed by atoms with Crippen LogP contribution < -0.4 is 21.3 Å². The molecule has 0 spiro atoms. The molecule has 0 aromatic heterocycles. The van der Waals surface area contributed by atoms with Gasteiger partial charge in [-0.25, -0.2) is 0 Å². The number of hydrogen-bond donors (Lipinski definition) is 5. The van der Waals surface area contributed by atoms with Gasteiger partial charge in [0, 0.05) is 18.5 Å². The van der Waals surface area contributed by atoms with Crippen LogP contribution in [0.4, 0.5) is 5.69 Å². The Bertz CT molecular complexity index is 1380. The van der Waals surface area contributed by atoms with Crippen LogP contribution in [0.3, 0.4) is 0 Å². The van der Waals surface area contributed by atoms with Crippen LogP contribution in [-0.4, -0.2) is 53.3 Å². The van der Waals surface area contributed by atoms with Crippen molar-refractivity contribution in [1.82, 2.24) is 16.0 Å². The summed E-state index contributed by atoms with van der Waals surface area (Å²) in [6.45, 7) is 3.46. The van der Waals surface area contributed by atoms with Crippen molar-refractivity contribution in [3.05, 3.63) is 78.4 Å². The minimum Gasteiger partial charge on any atom is -0.481 e. The molecule has 2 atom stereocenters. The number of nitrogens with one attached hydrogen (secondary N) is 4. The van der Waals surface area contributed by atoms with Gasteiger partial charge in [0.2, 0.25) is 23.6 Å². The molecule has 41 heavy (non-hydrogen) atoms. The third-order valence-corrected chi connectivity index (χ3v) is 6.30. The summed E-state index contributed by atoms with van der Waals surface area (Å²) in [4.78, 5) is 61.9. The van der Waals surface area contributed by atoms with Crippen molar-refractivity contribution in [1.29, 1.82) is 0 Å². The molecule has 10 nitrogen and oxygen atoms in total. The van der Waals surface area contributed by atoms with Crippen LogP contribution in [0, 0.1) is 5.92 Å². The Morgan fingerprint density at radius 3 is 2.07 bits per heavy atom. The quantitative estimate of drug-likeness (QED) is 0.204. The smallest absolute Gasteiger partial charge is 0.303 e. The number of carbonyl (C=O) groups excluding carboxylic acids is 4. The van der Waals surface area contributed by atoms with Gasteiger partial charge in [-0.3, -0.25) is 24.0 Å². The Labute approximate surface area is 238 Å². The molecule has 0 fully saturated rings. The summed E-state index contributed by atoms with van der Waals surface area (Å²) in [5, 5.41) is 21.5. The van der Waals surface area contributed by atoms with Gasteiger partial charge in [0.05, 0.1) is 13.0 Å². The van der Waals surface area contributed by atoms with Crippen LogP contribution in [-0.2, 0) is 30.4 Å². The van der Waals surface area contributed by atoms with Gasteiger partial charge in [0.25, 0.3) is 0 Å².